The molecule has 1 heterocycles. The largest absolute Gasteiger partial charge is 0.370 e. The van der Waals surface area contributed by atoms with Crippen LogP contribution in [0.5, 0.6) is 0 Å². The van der Waals surface area contributed by atoms with Crippen LogP contribution in [0.2, 0.25) is 0 Å². The van der Waals surface area contributed by atoms with E-state index in [0.717, 1.165) is 22.4 Å². The van der Waals surface area contributed by atoms with Crippen LogP contribution in [0.15, 0.2) is 81.8 Å². The fourth-order valence-corrected chi connectivity index (χ4v) is 3.94. The zero-order chi connectivity index (χ0) is 20.1. The van der Waals surface area contributed by atoms with E-state index in [2.05, 4.69) is 15.3 Å². The lowest BCUT2D eigenvalue weighted by Crippen LogP contribution is -2.22. The van der Waals surface area contributed by atoms with E-state index in [1.807, 2.05) is 19.9 Å². The van der Waals surface area contributed by atoms with Gasteiger partial charge in [-0.25, -0.2) is 13.4 Å². The van der Waals surface area contributed by atoms with E-state index >= 15 is 0 Å². The van der Waals surface area contributed by atoms with Gasteiger partial charge in [-0.3, -0.25) is 4.98 Å². The first-order chi connectivity index (χ1) is 13.4. The minimum absolute atomic E-state index is 0.256. The Bertz CT molecular complexity index is 1090. The van der Waals surface area contributed by atoms with Gasteiger partial charge in [-0.2, -0.15) is 0 Å². The van der Waals surface area contributed by atoms with E-state index in [9.17, 15) is 8.42 Å². The lowest BCUT2D eigenvalue weighted by molar-refractivity contribution is 0.596. The highest BCUT2D eigenvalue weighted by Crippen LogP contribution is 2.23. The third-order valence-electron chi connectivity index (χ3n) is 4.41. The number of pyridine rings is 1. The maximum absolute atomic E-state index is 12.8. The molecular weight excluding hydrogens is 372 g/mol. The predicted molar refractivity (Wildman–Crippen MR) is 111 cm³/mol. The Kier molecular flexibility index (Phi) is 5.75. The van der Waals surface area contributed by atoms with Crippen LogP contribution in [0.1, 0.15) is 16.7 Å². The van der Waals surface area contributed by atoms with Crippen molar-refractivity contribution in [3.63, 3.8) is 0 Å². The van der Waals surface area contributed by atoms with Gasteiger partial charge in [0.1, 0.15) is 0 Å². The van der Waals surface area contributed by atoms with Gasteiger partial charge in [0.05, 0.1) is 16.3 Å². The number of anilines is 1. The number of aryl methyl sites for hydroxylation is 2. The summed E-state index contributed by atoms with van der Waals surface area (Å²) in [6.45, 7) is 4.20. The molecule has 28 heavy (non-hydrogen) atoms. The lowest BCUT2D eigenvalue weighted by atomic mass is 10.1. The maximum Gasteiger partial charge on any atom is 0.206 e. The number of nitrogens with zero attached hydrogens (tertiary/aromatic N) is 2. The molecule has 144 valence electrons. The number of hydrogen-bond acceptors (Lipinski definition) is 4. The summed E-state index contributed by atoms with van der Waals surface area (Å²) in [5, 5.41) is 2.97. The highest BCUT2D eigenvalue weighted by atomic mass is 32.2. The second kappa shape index (κ2) is 8.22. The van der Waals surface area contributed by atoms with Gasteiger partial charge in [0, 0.05) is 18.1 Å². The van der Waals surface area contributed by atoms with Crippen LogP contribution < -0.4 is 11.1 Å². The fourth-order valence-electron chi connectivity index (χ4n) is 2.59. The van der Waals surface area contributed by atoms with Crippen LogP contribution >= 0.6 is 0 Å². The molecule has 0 aliphatic rings. The number of aliphatic imine (C=N–C) groups is 1. The molecule has 1 aromatic heterocycles. The average Bonchev–Trinajstić information content (AvgIpc) is 2.69. The Morgan fingerprint density at radius 3 is 2.25 bits per heavy atom. The molecule has 3 N–H and O–H groups in total. The Morgan fingerprint density at radius 2 is 1.61 bits per heavy atom. The second-order valence-electron chi connectivity index (χ2n) is 6.46. The number of sulfone groups is 1. The molecule has 0 saturated carbocycles. The number of guanidine groups is 1. The quantitative estimate of drug-likeness (QED) is 0.510. The molecule has 0 aliphatic carbocycles. The summed E-state index contributed by atoms with van der Waals surface area (Å²) in [5.74, 6) is 0.276. The van der Waals surface area contributed by atoms with Crippen molar-refractivity contribution in [2.24, 2.45) is 10.7 Å². The molecule has 0 saturated heterocycles. The second-order valence-corrected chi connectivity index (χ2v) is 8.41. The molecule has 0 fully saturated rings. The molecule has 0 spiro atoms. The molecule has 0 bridgehead atoms. The van der Waals surface area contributed by atoms with Crippen LogP contribution in [0.4, 0.5) is 5.69 Å². The highest BCUT2D eigenvalue weighted by molar-refractivity contribution is 7.91. The minimum Gasteiger partial charge on any atom is -0.370 e. The number of benzene rings is 2. The van der Waals surface area contributed by atoms with E-state index in [0.29, 0.717) is 11.4 Å². The first kappa shape index (κ1) is 19.6. The third kappa shape index (κ3) is 4.55. The Hall–Kier alpha value is -3.19. The zero-order valence-electron chi connectivity index (χ0n) is 15.8. The summed E-state index contributed by atoms with van der Waals surface area (Å²) in [6.07, 6.45) is 3.31. The molecule has 6 nitrogen and oxygen atoms in total. The molecular formula is C21H22N4O2S. The average molecular weight is 395 g/mol. The maximum atomic E-state index is 12.8. The topological polar surface area (TPSA) is 97.4 Å². The predicted octanol–water partition coefficient (Wildman–Crippen LogP) is 3.46. The monoisotopic (exact) mass is 394 g/mol. The van der Waals surface area contributed by atoms with Crippen LogP contribution in [0, 0.1) is 13.8 Å². The molecule has 0 aliphatic heterocycles. The van der Waals surface area contributed by atoms with E-state index < -0.39 is 9.84 Å². The van der Waals surface area contributed by atoms with Crippen molar-refractivity contribution in [3.8, 4) is 0 Å². The van der Waals surface area contributed by atoms with Crippen molar-refractivity contribution >= 4 is 21.5 Å². The van der Waals surface area contributed by atoms with Crippen molar-refractivity contribution in [3.05, 3.63) is 83.7 Å². The number of rotatable bonds is 5. The minimum atomic E-state index is -3.55. The van der Waals surface area contributed by atoms with Crippen LogP contribution in [0.25, 0.3) is 0 Å². The summed E-state index contributed by atoms with van der Waals surface area (Å²) in [5.41, 5.74) is 9.54. The lowest BCUT2D eigenvalue weighted by Gasteiger charge is -2.08. The normalized spacial score (nSPS) is 12.0. The molecule has 3 rings (SSSR count). The van der Waals surface area contributed by atoms with Crippen molar-refractivity contribution in [1.82, 2.24) is 4.98 Å². The molecule has 0 atom stereocenters. The summed E-state index contributed by atoms with van der Waals surface area (Å²) in [4.78, 5) is 8.76. The number of nitrogens with two attached hydrogens (primary N) is 1. The molecule has 0 radical (unpaired) electrons. The summed E-state index contributed by atoms with van der Waals surface area (Å²) >= 11 is 0. The van der Waals surface area contributed by atoms with Gasteiger partial charge in [0.15, 0.2) is 5.96 Å². The number of hydrogen-bond donors (Lipinski definition) is 2. The van der Waals surface area contributed by atoms with Gasteiger partial charge in [-0.1, -0.05) is 18.2 Å². The fraction of sp³-hybridized carbons (Fsp3) is 0.143. The van der Waals surface area contributed by atoms with Gasteiger partial charge in [0.2, 0.25) is 9.84 Å². The van der Waals surface area contributed by atoms with E-state index in [1.54, 1.807) is 60.9 Å². The van der Waals surface area contributed by atoms with Crippen molar-refractivity contribution in [2.45, 2.75) is 30.2 Å². The molecule has 0 amide bonds. The third-order valence-corrected chi connectivity index (χ3v) is 6.17. The van der Waals surface area contributed by atoms with Crippen LogP contribution in [-0.4, -0.2) is 19.4 Å². The van der Waals surface area contributed by atoms with Crippen molar-refractivity contribution in [2.75, 3.05) is 5.32 Å². The van der Waals surface area contributed by atoms with Gasteiger partial charge in [-0.15, -0.1) is 0 Å². The Balaban J connectivity index is 1.72. The van der Waals surface area contributed by atoms with Gasteiger partial charge in [-0.05, 0) is 66.9 Å². The van der Waals surface area contributed by atoms with E-state index in [1.165, 1.54) is 0 Å². The first-order valence-corrected chi connectivity index (χ1v) is 10.2. The standard InChI is InChI=1S/C21H22N4O2S/c1-15-3-6-20(13-16(15)2)28(26,27)19-7-4-17(5-8-19)14-24-21(22)25-18-9-11-23-12-10-18/h3-13H,14H2,1-2H3,(H3,22,23,24,25). The van der Waals surface area contributed by atoms with E-state index in [-0.39, 0.29) is 10.9 Å². The van der Waals surface area contributed by atoms with Crippen molar-refractivity contribution < 1.29 is 8.42 Å². The smallest absolute Gasteiger partial charge is 0.206 e. The van der Waals surface area contributed by atoms with Gasteiger partial charge in [0.25, 0.3) is 0 Å². The number of nitrogens with one attached hydrogen (secondary N) is 1. The van der Waals surface area contributed by atoms with Crippen LogP contribution in [0.3, 0.4) is 0 Å². The molecule has 0 unspecified atom stereocenters. The summed E-state index contributed by atoms with van der Waals surface area (Å²) in [6, 6.07) is 15.4. The Labute approximate surface area is 165 Å². The number of aromatic nitrogens is 1. The highest BCUT2D eigenvalue weighted by Gasteiger charge is 2.17. The SMILES string of the molecule is Cc1ccc(S(=O)(=O)c2ccc(CN=C(N)Nc3ccncc3)cc2)cc1C. The van der Waals surface area contributed by atoms with Gasteiger partial charge < -0.3 is 11.1 Å². The van der Waals surface area contributed by atoms with Crippen molar-refractivity contribution in [1.29, 1.82) is 0 Å². The first-order valence-electron chi connectivity index (χ1n) is 8.74. The Morgan fingerprint density at radius 1 is 0.964 bits per heavy atom. The molecule has 7 heteroatoms. The summed E-state index contributed by atoms with van der Waals surface area (Å²) < 4.78 is 25.6. The summed E-state index contributed by atoms with van der Waals surface area (Å²) in [7, 11) is -3.55. The molecule has 2 aromatic carbocycles. The zero-order valence-corrected chi connectivity index (χ0v) is 16.6. The molecule has 3 aromatic rings. The van der Waals surface area contributed by atoms with E-state index in [4.69, 9.17) is 5.73 Å². The van der Waals surface area contributed by atoms with Gasteiger partial charge >= 0.3 is 0 Å². The van der Waals surface area contributed by atoms with Crippen LogP contribution in [-0.2, 0) is 16.4 Å².